The predicted molar refractivity (Wildman–Crippen MR) is 69.7 cm³/mol. The van der Waals surface area contributed by atoms with Crippen LogP contribution in [0.15, 0.2) is 28.7 Å². The van der Waals surface area contributed by atoms with E-state index in [1.807, 2.05) is 7.05 Å². The second kappa shape index (κ2) is 6.40. The standard InChI is InChI=1S/C13H17FN4O/c1-18(8-2-7-15)9-12-16-17-13(19-12)10-3-5-11(14)6-4-10/h3-6H,2,7-9,15H2,1H3. The SMILES string of the molecule is CN(CCCN)Cc1nnc(-c2ccc(F)cc2)o1. The van der Waals surface area contributed by atoms with Crippen LogP contribution in [-0.4, -0.2) is 35.2 Å². The van der Waals surface area contributed by atoms with Crippen molar-refractivity contribution in [2.24, 2.45) is 5.73 Å². The lowest BCUT2D eigenvalue weighted by Gasteiger charge is -2.12. The lowest BCUT2D eigenvalue weighted by molar-refractivity contribution is 0.288. The number of hydrogen-bond acceptors (Lipinski definition) is 5. The molecule has 0 atom stereocenters. The van der Waals surface area contributed by atoms with Gasteiger partial charge in [-0.25, -0.2) is 4.39 Å². The molecule has 6 heteroatoms. The number of hydrogen-bond donors (Lipinski definition) is 1. The first-order valence-corrected chi connectivity index (χ1v) is 6.16. The van der Waals surface area contributed by atoms with E-state index in [9.17, 15) is 4.39 Å². The lowest BCUT2D eigenvalue weighted by atomic mass is 10.2. The smallest absolute Gasteiger partial charge is 0.247 e. The molecule has 0 saturated heterocycles. The van der Waals surface area contributed by atoms with E-state index in [1.165, 1.54) is 12.1 Å². The fourth-order valence-corrected chi connectivity index (χ4v) is 1.70. The van der Waals surface area contributed by atoms with Crippen LogP contribution in [0.5, 0.6) is 0 Å². The first-order chi connectivity index (χ1) is 9.19. The van der Waals surface area contributed by atoms with E-state index in [0.717, 1.165) is 13.0 Å². The summed E-state index contributed by atoms with van der Waals surface area (Å²) in [5.41, 5.74) is 6.17. The molecule has 0 amide bonds. The van der Waals surface area contributed by atoms with Gasteiger partial charge >= 0.3 is 0 Å². The Morgan fingerprint density at radius 1 is 1.26 bits per heavy atom. The van der Waals surface area contributed by atoms with Gasteiger partial charge in [-0.15, -0.1) is 10.2 Å². The van der Waals surface area contributed by atoms with Gasteiger partial charge in [0, 0.05) is 5.56 Å². The van der Waals surface area contributed by atoms with Crippen LogP contribution in [0.4, 0.5) is 4.39 Å². The Balaban J connectivity index is 2.00. The second-order valence-corrected chi connectivity index (χ2v) is 4.39. The molecule has 2 aromatic rings. The van der Waals surface area contributed by atoms with Crippen LogP contribution < -0.4 is 5.73 Å². The Kier molecular flexibility index (Phi) is 4.59. The van der Waals surface area contributed by atoms with Gasteiger partial charge in [-0.1, -0.05) is 0 Å². The highest BCUT2D eigenvalue weighted by molar-refractivity contribution is 5.51. The highest BCUT2D eigenvalue weighted by atomic mass is 19.1. The molecule has 0 bridgehead atoms. The molecule has 0 fully saturated rings. The van der Waals surface area contributed by atoms with Crippen LogP contribution in [0.1, 0.15) is 12.3 Å². The molecule has 0 spiro atoms. The fraction of sp³-hybridized carbons (Fsp3) is 0.385. The van der Waals surface area contributed by atoms with Gasteiger partial charge in [-0.2, -0.15) is 0 Å². The van der Waals surface area contributed by atoms with Crippen molar-refractivity contribution in [2.45, 2.75) is 13.0 Å². The van der Waals surface area contributed by atoms with E-state index in [4.69, 9.17) is 10.2 Å². The van der Waals surface area contributed by atoms with Crippen LogP contribution in [0, 0.1) is 5.82 Å². The molecule has 1 aromatic carbocycles. The summed E-state index contributed by atoms with van der Waals surface area (Å²) in [7, 11) is 1.97. The molecule has 0 aliphatic heterocycles. The van der Waals surface area contributed by atoms with Crippen LogP contribution in [0.3, 0.4) is 0 Å². The van der Waals surface area contributed by atoms with E-state index in [1.54, 1.807) is 12.1 Å². The summed E-state index contributed by atoms with van der Waals surface area (Å²) in [6.07, 6.45) is 0.926. The normalized spacial score (nSPS) is 11.2. The van der Waals surface area contributed by atoms with E-state index >= 15 is 0 Å². The van der Waals surface area contributed by atoms with Gasteiger partial charge in [0.1, 0.15) is 5.82 Å². The molecule has 0 aliphatic carbocycles. The van der Waals surface area contributed by atoms with Crippen LogP contribution in [0.2, 0.25) is 0 Å². The van der Waals surface area contributed by atoms with Crippen LogP contribution in [-0.2, 0) is 6.54 Å². The van der Waals surface area contributed by atoms with Crippen molar-refractivity contribution >= 4 is 0 Å². The molecule has 19 heavy (non-hydrogen) atoms. The van der Waals surface area contributed by atoms with Crippen molar-refractivity contribution in [3.05, 3.63) is 36.0 Å². The summed E-state index contributed by atoms with van der Waals surface area (Å²) in [6.45, 7) is 2.12. The Morgan fingerprint density at radius 2 is 2.00 bits per heavy atom. The number of aromatic nitrogens is 2. The summed E-state index contributed by atoms with van der Waals surface area (Å²) >= 11 is 0. The van der Waals surface area contributed by atoms with Crippen molar-refractivity contribution < 1.29 is 8.81 Å². The molecule has 5 nitrogen and oxygen atoms in total. The van der Waals surface area contributed by atoms with Crippen molar-refractivity contribution in [3.63, 3.8) is 0 Å². The summed E-state index contributed by atoms with van der Waals surface area (Å²) in [5.74, 6) is 0.658. The Morgan fingerprint density at radius 3 is 2.68 bits per heavy atom. The van der Waals surface area contributed by atoms with Crippen LogP contribution >= 0.6 is 0 Å². The first-order valence-electron chi connectivity index (χ1n) is 6.16. The Hall–Kier alpha value is -1.79. The number of halogens is 1. The van der Waals surface area contributed by atoms with Gasteiger partial charge < -0.3 is 10.2 Å². The predicted octanol–water partition coefficient (Wildman–Crippen LogP) is 1.66. The van der Waals surface area contributed by atoms with Crippen molar-refractivity contribution in [3.8, 4) is 11.5 Å². The van der Waals surface area contributed by atoms with E-state index in [-0.39, 0.29) is 5.82 Å². The quantitative estimate of drug-likeness (QED) is 0.859. The third-order valence-corrected chi connectivity index (χ3v) is 2.71. The molecule has 0 aliphatic rings. The minimum atomic E-state index is -0.287. The monoisotopic (exact) mass is 264 g/mol. The van der Waals surface area contributed by atoms with Gasteiger partial charge in [0.2, 0.25) is 11.8 Å². The lowest BCUT2D eigenvalue weighted by Crippen LogP contribution is -2.21. The Bertz CT molecular complexity index is 512. The minimum Gasteiger partial charge on any atom is -0.419 e. The van der Waals surface area contributed by atoms with Crippen molar-refractivity contribution in [1.29, 1.82) is 0 Å². The molecule has 0 saturated carbocycles. The summed E-state index contributed by atoms with van der Waals surface area (Å²) < 4.78 is 18.4. The average molecular weight is 264 g/mol. The molecular formula is C13H17FN4O. The van der Waals surface area contributed by atoms with E-state index in [2.05, 4.69) is 15.1 Å². The summed E-state index contributed by atoms with van der Waals surface area (Å²) in [6, 6.07) is 5.97. The molecule has 102 valence electrons. The molecular weight excluding hydrogens is 247 g/mol. The maximum absolute atomic E-state index is 12.8. The summed E-state index contributed by atoms with van der Waals surface area (Å²) in [5, 5.41) is 7.94. The number of rotatable bonds is 6. The van der Waals surface area contributed by atoms with Crippen molar-refractivity contribution in [2.75, 3.05) is 20.1 Å². The van der Waals surface area contributed by atoms with E-state index in [0.29, 0.717) is 30.4 Å². The highest BCUT2D eigenvalue weighted by Gasteiger charge is 2.10. The molecule has 2 N–H and O–H groups in total. The molecule has 0 radical (unpaired) electrons. The highest BCUT2D eigenvalue weighted by Crippen LogP contribution is 2.18. The molecule has 1 heterocycles. The Labute approximate surface area is 111 Å². The van der Waals surface area contributed by atoms with Gasteiger partial charge in [-0.05, 0) is 50.8 Å². The average Bonchev–Trinajstić information content (AvgIpc) is 2.85. The third kappa shape index (κ3) is 3.84. The largest absolute Gasteiger partial charge is 0.419 e. The zero-order valence-corrected chi connectivity index (χ0v) is 10.8. The summed E-state index contributed by atoms with van der Waals surface area (Å²) in [4.78, 5) is 2.06. The van der Waals surface area contributed by atoms with Crippen LogP contribution in [0.25, 0.3) is 11.5 Å². The maximum Gasteiger partial charge on any atom is 0.247 e. The fourth-order valence-electron chi connectivity index (χ4n) is 1.70. The van der Waals surface area contributed by atoms with Gasteiger partial charge in [0.05, 0.1) is 6.54 Å². The molecule has 2 rings (SSSR count). The molecule has 0 unspecified atom stereocenters. The minimum absolute atomic E-state index is 0.287. The maximum atomic E-state index is 12.8. The van der Waals surface area contributed by atoms with Gasteiger partial charge in [0.25, 0.3) is 0 Å². The molecule has 1 aromatic heterocycles. The van der Waals surface area contributed by atoms with E-state index < -0.39 is 0 Å². The van der Waals surface area contributed by atoms with Gasteiger partial charge in [0.15, 0.2) is 0 Å². The number of nitrogens with two attached hydrogens (primary N) is 1. The number of nitrogens with zero attached hydrogens (tertiary/aromatic N) is 3. The third-order valence-electron chi connectivity index (χ3n) is 2.71. The zero-order chi connectivity index (χ0) is 13.7. The van der Waals surface area contributed by atoms with Gasteiger partial charge in [-0.3, -0.25) is 4.90 Å². The second-order valence-electron chi connectivity index (χ2n) is 4.39. The number of benzene rings is 1. The topological polar surface area (TPSA) is 68.2 Å². The first kappa shape index (κ1) is 13.6. The van der Waals surface area contributed by atoms with Crippen molar-refractivity contribution in [1.82, 2.24) is 15.1 Å². The zero-order valence-electron chi connectivity index (χ0n) is 10.8.